The lowest BCUT2D eigenvalue weighted by atomic mass is 10.0. The predicted molar refractivity (Wildman–Crippen MR) is 42.2 cm³/mol. The van der Waals surface area contributed by atoms with Crippen LogP contribution in [0.1, 0.15) is 20.3 Å². The van der Waals surface area contributed by atoms with Crippen LogP contribution in [0.5, 0.6) is 0 Å². The van der Waals surface area contributed by atoms with Crippen molar-refractivity contribution in [3.8, 4) is 0 Å². The molecule has 1 aliphatic rings. The first-order valence-corrected chi connectivity index (χ1v) is 4.15. The summed E-state index contributed by atoms with van der Waals surface area (Å²) in [5.74, 6) is 0.376. The summed E-state index contributed by atoms with van der Waals surface area (Å²) in [5, 5.41) is 2.78. The molecule has 0 aromatic heterocycles. The minimum Gasteiger partial charge on any atom is -0.366 e. The summed E-state index contributed by atoms with van der Waals surface area (Å²) < 4.78 is 5.33. The van der Waals surface area contributed by atoms with Gasteiger partial charge in [0.1, 0.15) is 6.10 Å². The van der Waals surface area contributed by atoms with Crippen molar-refractivity contribution in [2.24, 2.45) is 5.92 Å². The molecule has 1 fully saturated rings. The van der Waals surface area contributed by atoms with Gasteiger partial charge in [0.15, 0.2) is 0 Å². The average molecular weight is 157 g/mol. The molecule has 0 aliphatic carbocycles. The Morgan fingerprint density at radius 1 is 1.82 bits per heavy atom. The molecular weight excluding hydrogens is 142 g/mol. The number of carbonyl (C=O) groups is 1. The number of morpholine rings is 1. The summed E-state index contributed by atoms with van der Waals surface area (Å²) in [5.41, 5.74) is 0. The molecule has 2 atom stereocenters. The van der Waals surface area contributed by atoms with Crippen molar-refractivity contribution in [3.05, 3.63) is 0 Å². The number of nitrogens with one attached hydrogen (secondary N) is 1. The zero-order valence-electron chi connectivity index (χ0n) is 7.09. The lowest BCUT2D eigenvalue weighted by Crippen LogP contribution is -2.47. The number of amides is 1. The van der Waals surface area contributed by atoms with Crippen LogP contribution >= 0.6 is 0 Å². The highest BCUT2D eigenvalue weighted by Crippen LogP contribution is 2.13. The van der Waals surface area contributed by atoms with Crippen molar-refractivity contribution in [1.29, 1.82) is 0 Å². The molecule has 1 heterocycles. The molecule has 3 nitrogen and oxygen atoms in total. The Hall–Kier alpha value is -0.570. The van der Waals surface area contributed by atoms with E-state index in [9.17, 15) is 4.79 Å². The maximum absolute atomic E-state index is 11.2. The Morgan fingerprint density at radius 2 is 2.55 bits per heavy atom. The molecular formula is C8H15NO2. The quantitative estimate of drug-likeness (QED) is 0.635. The third-order valence-electron chi connectivity index (χ3n) is 2.12. The zero-order chi connectivity index (χ0) is 8.27. The Morgan fingerprint density at radius 3 is 3.09 bits per heavy atom. The molecule has 0 bridgehead atoms. The van der Waals surface area contributed by atoms with Gasteiger partial charge in [0.25, 0.3) is 0 Å². The van der Waals surface area contributed by atoms with Crippen LogP contribution in [0.2, 0.25) is 0 Å². The van der Waals surface area contributed by atoms with Crippen LogP contribution < -0.4 is 5.32 Å². The molecule has 1 unspecified atom stereocenters. The average Bonchev–Trinajstić information content (AvgIpc) is 2.04. The van der Waals surface area contributed by atoms with Crippen molar-refractivity contribution in [2.75, 3.05) is 13.2 Å². The van der Waals surface area contributed by atoms with Gasteiger partial charge in [-0.2, -0.15) is 0 Å². The maximum Gasteiger partial charge on any atom is 0.249 e. The van der Waals surface area contributed by atoms with Crippen LogP contribution in [0, 0.1) is 5.92 Å². The molecule has 1 amide bonds. The fourth-order valence-corrected chi connectivity index (χ4v) is 1.17. The van der Waals surface area contributed by atoms with Gasteiger partial charge in [-0.1, -0.05) is 20.3 Å². The van der Waals surface area contributed by atoms with E-state index in [1.165, 1.54) is 0 Å². The second-order valence-corrected chi connectivity index (χ2v) is 2.97. The Labute approximate surface area is 67.1 Å². The first-order chi connectivity index (χ1) is 5.25. The van der Waals surface area contributed by atoms with Crippen LogP contribution in [0.15, 0.2) is 0 Å². The monoisotopic (exact) mass is 157 g/mol. The number of rotatable bonds is 2. The first-order valence-electron chi connectivity index (χ1n) is 4.15. The van der Waals surface area contributed by atoms with Gasteiger partial charge in [-0.25, -0.2) is 0 Å². The summed E-state index contributed by atoms with van der Waals surface area (Å²) in [7, 11) is 0. The van der Waals surface area contributed by atoms with Gasteiger partial charge in [0, 0.05) is 6.54 Å². The van der Waals surface area contributed by atoms with E-state index in [-0.39, 0.29) is 12.0 Å². The lowest BCUT2D eigenvalue weighted by molar-refractivity contribution is -0.141. The van der Waals surface area contributed by atoms with E-state index in [0.29, 0.717) is 19.1 Å². The summed E-state index contributed by atoms with van der Waals surface area (Å²) in [6.45, 7) is 5.41. The summed E-state index contributed by atoms with van der Waals surface area (Å²) >= 11 is 0. The highest BCUT2D eigenvalue weighted by molar-refractivity contribution is 5.81. The van der Waals surface area contributed by atoms with Crippen molar-refractivity contribution in [1.82, 2.24) is 5.32 Å². The fraction of sp³-hybridized carbons (Fsp3) is 0.875. The van der Waals surface area contributed by atoms with Gasteiger partial charge in [0.2, 0.25) is 5.91 Å². The Kier molecular flexibility index (Phi) is 2.88. The van der Waals surface area contributed by atoms with Crippen LogP contribution in [0.4, 0.5) is 0 Å². The van der Waals surface area contributed by atoms with Gasteiger partial charge in [-0.15, -0.1) is 0 Å². The van der Waals surface area contributed by atoms with Gasteiger partial charge < -0.3 is 10.1 Å². The molecule has 0 aromatic rings. The number of ether oxygens (including phenoxy) is 1. The van der Waals surface area contributed by atoms with Crippen molar-refractivity contribution in [3.63, 3.8) is 0 Å². The summed E-state index contributed by atoms with van der Waals surface area (Å²) in [6, 6.07) is 0. The van der Waals surface area contributed by atoms with Gasteiger partial charge >= 0.3 is 0 Å². The highest BCUT2D eigenvalue weighted by atomic mass is 16.5. The van der Waals surface area contributed by atoms with E-state index >= 15 is 0 Å². The van der Waals surface area contributed by atoms with Crippen molar-refractivity contribution >= 4 is 5.91 Å². The molecule has 0 radical (unpaired) electrons. The fourth-order valence-electron chi connectivity index (χ4n) is 1.17. The number of hydrogen-bond donors (Lipinski definition) is 1. The van der Waals surface area contributed by atoms with E-state index in [4.69, 9.17) is 4.74 Å². The molecule has 3 heteroatoms. The van der Waals surface area contributed by atoms with Crippen LogP contribution in [0.25, 0.3) is 0 Å². The summed E-state index contributed by atoms with van der Waals surface area (Å²) in [6.07, 6.45) is 0.770. The highest BCUT2D eigenvalue weighted by Gasteiger charge is 2.26. The van der Waals surface area contributed by atoms with E-state index in [1.807, 2.05) is 6.92 Å². The minimum absolute atomic E-state index is 0.0469. The molecule has 0 spiro atoms. The van der Waals surface area contributed by atoms with Crippen LogP contribution in [-0.4, -0.2) is 25.2 Å². The second-order valence-electron chi connectivity index (χ2n) is 2.97. The van der Waals surface area contributed by atoms with Crippen molar-refractivity contribution in [2.45, 2.75) is 26.4 Å². The molecule has 0 saturated carbocycles. The third kappa shape index (κ3) is 1.93. The van der Waals surface area contributed by atoms with Crippen LogP contribution in [-0.2, 0) is 9.53 Å². The largest absolute Gasteiger partial charge is 0.366 e. The van der Waals surface area contributed by atoms with Gasteiger partial charge in [0.05, 0.1) is 6.61 Å². The molecule has 11 heavy (non-hydrogen) atoms. The number of hydrogen-bond acceptors (Lipinski definition) is 2. The lowest BCUT2D eigenvalue weighted by Gasteiger charge is -2.26. The number of carbonyl (C=O) groups excluding carboxylic acids is 1. The topological polar surface area (TPSA) is 38.3 Å². The van der Waals surface area contributed by atoms with E-state index < -0.39 is 0 Å². The Balaban J connectivity index is 2.47. The normalized spacial score (nSPS) is 27.8. The van der Waals surface area contributed by atoms with Crippen LogP contribution in [0.3, 0.4) is 0 Å². The first kappa shape index (κ1) is 8.53. The molecule has 64 valence electrons. The second kappa shape index (κ2) is 3.72. The SMILES string of the molecule is CC[C@H](C)C1OCCNC1=O. The standard InChI is InChI=1S/C8H15NO2/c1-3-6(2)7-8(10)9-4-5-11-7/h6-7H,3-5H2,1-2H3,(H,9,10)/t6-,7?/m0/s1. The van der Waals surface area contributed by atoms with Gasteiger partial charge in [-0.3, -0.25) is 4.79 Å². The van der Waals surface area contributed by atoms with E-state index in [1.54, 1.807) is 0 Å². The smallest absolute Gasteiger partial charge is 0.249 e. The summed E-state index contributed by atoms with van der Waals surface area (Å²) in [4.78, 5) is 11.2. The Bertz CT molecular complexity index is 147. The van der Waals surface area contributed by atoms with E-state index in [0.717, 1.165) is 6.42 Å². The minimum atomic E-state index is -0.214. The zero-order valence-corrected chi connectivity index (χ0v) is 7.09. The molecule has 1 aliphatic heterocycles. The molecule has 1 saturated heterocycles. The predicted octanol–water partition coefficient (Wildman–Crippen LogP) is 0.547. The van der Waals surface area contributed by atoms with Crippen molar-refractivity contribution < 1.29 is 9.53 Å². The van der Waals surface area contributed by atoms with E-state index in [2.05, 4.69) is 12.2 Å². The third-order valence-corrected chi connectivity index (χ3v) is 2.12. The molecule has 1 rings (SSSR count). The molecule has 1 N–H and O–H groups in total. The molecule has 0 aromatic carbocycles. The van der Waals surface area contributed by atoms with Gasteiger partial charge in [-0.05, 0) is 5.92 Å². The maximum atomic E-state index is 11.2.